The summed E-state index contributed by atoms with van der Waals surface area (Å²) >= 11 is 0. The smallest absolute Gasteiger partial charge is 0.306 e. The van der Waals surface area contributed by atoms with Crippen LogP contribution in [-0.4, -0.2) is 66.5 Å². The van der Waals surface area contributed by atoms with Crippen LogP contribution in [-0.2, 0) is 19.2 Å². The number of benzene rings is 1. The van der Waals surface area contributed by atoms with Gasteiger partial charge in [-0.05, 0) is 43.0 Å². The second kappa shape index (κ2) is 10.0. The van der Waals surface area contributed by atoms with Gasteiger partial charge < -0.3 is 25.0 Å². The van der Waals surface area contributed by atoms with E-state index in [1.165, 1.54) is 0 Å². The van der Waals surface area contributed by atoms with E-state index in [2.05, 4.69) is 5.32 Å². The van der Waals surface area contributed by atoms with Crippen LogP contribution in [0.3, 0.4) is 0 Å². The summed E-state index contributed by atoms with van der Waals surface area (Å²) in [5, 5.41) is 12.0. The molecule has 0 saturated carbocycles. The van der Waals surface area contributed by atoms with Crippen LogP contribution in [0.25, 0.3) is 0 Å². The molecule has 0 aliphatic carbocycles. The minimum Gasteiger partial charge on any atom is -0.497 e. The summed E-state index contributed by atoms with van der Waals surface area (Å²) in [6.45, 7) is 4.69. The number of piperidine rings is 1. The van der Waals surface area contributed by atoms with E-state index in [9.17, 15) is 19.2 Å². The molecule has 2 unspecified atom stereocenters. The molecule has 2 atom stereocenters. The summed E-state index contributed by atoms with van der Waals surface area (Å²) in [5.74, 6) is -1.93. The van der Waals surface area contributed by atoms with Crippen LogP contribution in [0.1, 0.15) is 33.1 Å². The number of methoxy groups -OCH3 is 1. The number of aliphatic carboxylic acids is 1. The van der Waals surface area contributed by atoms with Gasteiger partial charge >= 0.3 is 5.97 Å². The van der Waals surface area contributed by atoms with Crippen LogP contribution in [0.15, 0.2) is 24.3 Å². The molecule has 0 spiro atoms. The first-order valence-electron chi connectivity index (χ1n) is 11.0. The molecule has 0 aromatic heterocycles. The highest BCUT2D eigenvalue weighted by Gasteiger charge is 2.38. The first-order valence-corrected chi connectivity index (χ1v) is 11.0. The van der Waals surface area contributed by atoms with Gasteiger partial charge in [-0.25, -0.2) is 0 Å². The summed E-state index contributed by atoms with van der Waals surface area (Å²) in [7, 11) is 1.57. The van der Waals surface area contributed by atoms with Crippen molar-refractivity contribution in [3.05, 3.63) is 24.3 Å². The third-order valence-electron chi connectivity index (χ3n) is 6.27. The monoisotopic (exact) mass is 445 g/mol. The largest absolute Gasteiger partial charge is 0.497 e. The molecule has 1 aromatic rings. The van der Waals surface area contributed by atoms with Gasteiger partial charge in [-0.2, -0.15) is 0 Å². The van der Waals surface area contributed by atoms with Gasteiger partial charge in [0, 0.05) is 31.7 Å². The number of amides is 3. The van der Waals surface area contributed by atoms with Crippen molar-refractivity contribution in [2.45, 2.75) is 39.2 Å². The molecule has 2 N–H and O–H groups in total. The zero-order valence-corrected chi connectivity index (χ0v) is 18.7. The fraction of sp³-hybridized carbons (Fsp3) is 0.565. The number of anilines is 1. The SMILES string of the molecule is COc1ccc(N2CC(C(=O)NC(C(=O)N3CCC(C(=O)O)CC3)C(C)C)CC2=O)cc1. The lowest BCUT2D eigenvalue weighted by Gasteiger charge is -2.34. The Hall–Kier alpha value is -3.10. The lowest BCUT2D eigenvalue weighted by molar-refractivity contribution is -0.146. The number of carbonyl (C=O) groups excluding carboxylic acids is 3. The Balaban J connectivity index is 1.61. The maximum atomic E-state index is 13.1. The van der Waals surface area contributed by atoms with Crippen molar-refractivity contribution in [3.8, 4) is 5.75 Å². The number of carboxylic acids is 1. The number of hydrogen-bond acceptors (Lipinski definition) is 5. The lowest BCUT2D eigenvalue weighted by Crippen LogP contribution is -2.54. The minimum absolute atomic E-state index is 0.0842. The quantitative estimate of drug-likeness (QED) is 0.657. The average Bonchev–Trinajstić information content (AvgIpc) is 3.18. The highest BCUT2D eigenvalue weighted by Crippen LogP contribution is 2.27. The molecule has 32 heavy (non-hydrogen) atoms. The first kappa shape index (κ1) is 23.6. The molecule has 2 aliphatic rings. The summed E-state index contributed by atoms with van der Waals surface area (Å²) in [6, 6.07) is 6.36. The van der Waals surface area contributed by atoms with Gasteiger partial charge in [0.15, 0.2) is 0 Å². The van der Waals surface area contributed by atoms with E-state index in [1.807, 2.05) is 13.8 Å². The zero-order valence-electron chi connectivity index (χ0n) is 18.7. The van der Waals surface area contributed by atoms with Crippen molar-refractivity contribution >= 4 is 29.4 Å². The van der Waals surface area contributed by atoms with Crippen LogP contribution < -0.4 is 15.0 Å². The molecule has 2 saturated heterocycles. The third kappa shape index (κ3) is 5.20. The number of likely N-dealkylation sites (tertiary alicyclic amines) is 1. The molecule has 3 rings (SSSR count). The number of ether oxygens (including phenoxy) is 1. The molecule has 0 bridgehead atoms. The number of carbonyl (C=O) groups is 4. The van der Waals surface area contributed by atoms with Crippen molar-refractivity contribution in [1.29, 1.82) is 0 Å². The average molecular weight is 446 g/mol. The predicted molar refractivity (Wildman–Crippen MR) is 117 cm³/mol. The van der Waals surface area contributed by atoms with E-state index in [0.29, 0.717) is 37.4 Å². The molecule has 2 heterocycles. The van der Waals surface area contributed by atoms with Crippen LogP contribution in [0, 0.1) is 17.8 Å². The molecule has 2 fully saturated rings. The van der Waals surface area contributed by atoms with Gasteiger partial charge in [0.2, 0.25) is 17.7 Å². The highest BCUT2D eigenvalue weighted by atomic mass is 16.5. The highest BCUT2D eigenvalue weighted by molar-refractivity contribution is 6.01. The second-order valence-corrected chi connectivity index (χ2v) is 8.77. The summed E-state index contributed by atoms with van der Waals surface area (Å²) in [5.41, 5.74) is 0.698. The number of hydrogen-bond donors (Lipinski definition) is 2. The molecule has 3 amide bonds. The predicted octanol–water partition coefficient (Wildman–Crippen LogP) is 1.51. The van der Waals surface area contributed by atoms with Crippen LogP contribution in [0.4, 0.5) is 5.69 Å². The van der Waals surface area contributed by atoms with E-state index in [1.54, 1.807) is 41.2 Å². The van der Waals surface area contributed by atoms with E-state index < -0.39 is 23.8 Å². The Morgan fingerprint density at radius 2 is 1.72 bits per heavy atom. The Labute approximate surface area is 187 Å². The number of nitrogens with one attached hydrogen (secondary N) is 1. The van der Waals surface area contributed by atoms with Gasteiger partial charge in [-0.15, -0.1) is 0 Å². The maximum Gasteiger partial charge on any atom is 0.306 e. The first-order chi connectivity index (χ1) is 15.2. The number of carboxylic acid groups (broad SMARTS) is 1. The fourth-order valence-electron chi connectivity index (χ4n) is 4.22. The molecule has 2 aliphatic heterocycles. The maximum absolute atomic E-state index is 13.1. The van der Waals surface area contributed by atoms with Gasteiger partial charge in [-0.3, -0.25) is 19.2 Å². The Morgan fingerprint density at radius 1 is 1.09 bits per heavy atom. The molecule has 0 radical (unpaired) electrons. The van der Waals surface area contributed by atoms with Gasteiger partial charge in [0.1, 0.15) is 11.8 Å². The van der Waals surface area contributed by atoms with E-state index >= 15 is 0 Å². The minimum atomic E-state index is -0.835. The van der Waals surface area contributed by atoms with Crippen LogP contribution >= 0.6 is 0 Å². The van der Waals surface area contributed by atoms with Crippen molar-refractivity contribution < 1.29 is 29.0 Å². The number of nitrogens with zero attached hydrogens (tertiary/aromatic N) is 2. The molecule has 9 heteroatoms. The summed E-state index contributed by atoms with van der Waals surface area (Å²) < 4.78 is 5.14. The van der Waals surface area contributed by atoms with Crippen molar-refractivity contribution in [1.82, 2.24) is 10.2 Å². The van der Waals surface area contributed by atoms with Gasteiger partial charge in [0.05, 0.1) is 18.9 Å². The van der Waals surface area contributed by atoms with Crippen molar-refractivity contribution in [2.24, 2.45) is 17.8 Å². The summed E-state index contributed by atoms with van der Waals surface area (Å²) in [6.07, 6.45) is 0.905. The lowest BCUT2D eigenvalue weighted by atomic mass is 9.95. The molecular formula is C23H31N3O6. The summed E-state index contributed by atoms with van der Waals surface area (Å²) in [4.78, 5) is 52.9. The fourth-order valence-corrected chi connectivity index (χ4v) is 4.22. The van der Waals surface area contributed by atoms with E-state index in [-0.39, 0.29) is 36.6 Å². The number of rotatable bonds is 7. The van der Waals surface area contributed by atoms with E-state index in [0.717, 1.165) is 0 Å². The molecule has 9 nitrogen and oxygen atoms in total. The van der Waals surface area contributed by atoms with E-state index in [4.69, 9.17) is 9.84 Å². The van der Waals surface area contributed by atoms with Crippen molar-refractivity contribution in [2.75, 3.05) is 31.6 Å². The Morgan fingerprint density at radius 3 is 2.25 bits per heavy atom. The second-order valence-electron chi connectivity index (χ2n) is 8.77. The van der Waals surface area contributed by atoms with Crippen molar-refractivity contribution in [3.63, 3.8) is 0 Å². The zero-order chi connectivity index (χ0) is 23.4. The normalized spacial score (nSPS) is 20.4. The standard InChI is InChI=1S/C23H31N3O6/c1-14(2)20(22(29)25-10-8-15(9-11-25)23(30)31)24-21(28)16-12-19(27)26(13-16)17-4-6-18(32-3)7-5-17/h4-7,14-16,20H,8-13H2,1-3H3,(H,24,28)(H,30,31). The van der Waals surface area contributed by atoms with Gasteiger partial charge in [0.25, 0.3) is 0 Å². The Kier molecular flexibility index (Phi) is 7.37. The molecule has 174 valence electrons. The van der Waals surface area contributed by atoms with Gasteiger partial charge in [-0.1, -0.05) is 13.8 Å². The third-order valence-corrected chi connectivity index (χ3v) is 6.27. The van der Waals surface area contributed by atoms with Crippen LogP contribution in [0.5, 0.6) is 5.75 Å². The Bertz CT molecular complexity index is 861. The topological polar surface area (TPSA) is 116 Å². The van der Waals surface area contributed by atoms with Crippen LogP contribution in [0.2, 0.25) is 0 Å². The molecule has 1 aromatic carbocycles. The molecular weight excluding hydrogens is 414 g/mol.